The summed E-state index contributed by atoms with van der Waals surface area (Å²) in [6.07, 6.45) is 0.687. The summed E-state index contributed by atoms with van der Waals surface area (Å²) in [6, 6.07) is 7.38. The Kier molecular flexibility index (Phi) is 5.10. The molecule has 0 radical (unpaired) electrons. The zero-order chi connectivity index (χ0) is 18.0. The van der Waals surface area contributed by atoms with Crippen molar-refractivity contribution in [2.45, 2.75) is 38.3 Å². The fraction of sp³-hybridized carbons (Fsp3) is 0.562. The molecule has 1 aliphatic heterocycles. The van der Waals surface area contributed by atoms with Gasteiger partial charge in [-0.25, -0.2) is 4.79 Å². The quantitative estimate of drug-likeness (QED) is 0.827. The summed E-state index contributed by atoms with van der Waals surface area (Å²) in [7, 11) is -3.66. The molecule has 1 aromatic rings. The van der Waals surface area contributed by atoms with E-state index in [1.54, 1.807) is 20.8 Å². The lowest BCUT2D eigenvalue weighted by molar-refractivity contribution is 0.0318. The number of para-hydroxylation sites is 1. The molecular weight excluding hydrogens is 334 g/mol. The monoisotopic (exact) mass is 357 g/mol. The summed E-state index contributed by atoms with van der Waals surface area (Å²) in [5.74, 6) is 0.707. The molecular formula is C16H23NO6S. The Morgan fingerprint density at radius 2 is 2.00 bits per heavy atom. The van der Waals surface area contributed by atoms with Gasteiger partial charge in [0.15, 0.2) is 0 Å². The first-order valence-electron chi connectivity index (χ1n) is 7.54. The molecule has 0 spiro atoms. The summed E-state index contributed by atoms with van der Waals surface area (Å²) in [6.45, 7) is 5.09. The molecule has 2 rings (SSSR count). The van der Waals surface area contributed by atoms with Crippen LogP contribution in [0.1, 0.15) is 26.3 Å². The van der Waals surface area contributed by atoms with Gasteiger partial charge in [-0.05, 0) is 32.4 Å². The van der Waals surface area contributed by atoms with Crippen molar-refractivity contribution in [1.82, 2.24) is 5.32 Å². The van der Waals surface area contributed by atoms with Crippen LogP contribution < -0.4 is 10.1 Å². The number of nitrogens with one attached hydrogen (secondary N) is 1. The molecule has 0 fully saturated rings. The highest BCUT2D eigenvalue weighted by molar-refractivity contribution is 7.85. The summed E-state index contributed by atoms with van der Waals surface area (Å²) in [5, 5.41) is 2.73. The zero-order valence-electron chi connectivity index (χ0n) is 14.3. The summed E-state index contributed by atoms with van der Waals surface area (Å²) >= 11 is 0. The standard InChI is InChI=1S/C16H23NO6S/c1-15(2,3)23-14(18)17-16(11-22-24(4,19)20)9-12-7-5-6-8-13(12)21-10-16/h5-8H,9-11H2,1-4H3,(H,17,18). The highest BCUT2D eigenvalue weighted by atomic mass is 32.2. The van der Waals surface area contributed by atoms with E-state index >= 15 is 0 Å². The molecule has 1 aliphatic rings. The van der Waals surface area contributed by atoms with E-state index in [1.165, 1.54) is 0 Å². The Morgan fingerprint density at radius 3 is 2.62 bits per heavy atom. The van der Waals surface area contributed by atoms with Gasteiger partial charge in [-0.15, -0.1) is 0 Å². The fourth-order valence-electron chi connectivity index (χ4n) is 2.37. The van der Waals surface area contributed by atoms with Crippen LogP contribution in [-0.4, -0.2) is 45.1 Å². The maximum Gasteiger partial charge on any atom is 0.408 e. The Bertz CT molecular complexity index is 710. The third-order valence-electron chi connectivity index (χ3n) is 3.32. The first-order chi connectivity index (χ1) is 11.0. The molecule has 134 valence electrons. The van der Waals surface area contributed by atoms with Gasteiger partial charge in [0.2, 0.25) is 0 Å². The predicted molar refractivity (Wildman–Crippen MR) is 88.5 cm³/mol. The van der Waals surface area contributed by atoms with Crippen LogP contribution in [0.15, 0.2) is 24.3 Å². The number of carbonyl (C=O) groups excluding carboxylic acids is 1. The van der Waals surface area contributed by atoms with E-state index in [0.29, 0.717) is 12.2 Å². The lowest BCUT2D eigenvalue weighted by Gasteiger charge is -2.38. The third kappa shape index (κ3) is 5.38. The van der Waals surface area contributed by atoms with Gasteiger partial charge in [0.25, 0.3) is 10.1 Å². The molecule has 1 N–H and O–H groups in total. The third-order valence-corrected chi connectivity index (χ3v) is 3.87. The lowest BCUT2D eigenvalue weighted by Crippen LogP contribution is -2.59. The molecule has 0 saturated heterocycles. The number of benzene rings is 1. The van der Waals surface area contributed by atoms with E-state index in [1.807, 2.05) is 24.3 Å². The molecule has 1 amide bonds. The first kappa shape index (κ1) is 18.5. The number of amides is 1. The molecule has 24 heavy (non-hydrogen) atoms. The topological polar surface area (TPSA) is 90.9 Å². The fourth-order valence-corrected chi connectivity index (χ4v) is 2.81. The number of hydrogen-bond acceptors (Lipinski definition) is 6. The number of fused-ring (bicyclic) bond motifs is 1. The minimum Gasteiger partial charge on any atom is -0.491 e. The Hall–Kier alpha value is -1.80. The molecule has 1 atom stereocenters. The van der Waals surface area contributed by atoms with Crippen molar-refractivity contribution in [3.8, 4) is 5.75 Å². The number of ether oxygens (including phenoxy) is 2. The van der Waals surface area contributed by atoms with Crippen molar-refractivity contribution in [3.05, 3.63) is 29.8 Å². The Balaban J connectivity index is 2.21. The highest BCUT2D eigenvalue weighted by Crippen LogP contribution is 2.30. The van der Waals surface area contributed by atoms with E-state index in [0.717, 1.165) is 11.8 Å². The van der Waals surface area contributed by atoms with Crippen molar-refractivity contribution in [2.24, 2.45) is 0 Å². The normalized spacial score (nSPS) is 20.7. The van der Waals surface area contributed by atoms with E-state index in [-0.39, 0.29) is 13.2 Å². The number of alkyl carbamates (subject to hydrolysis) is 1. The molecule has 1 unspecified atom stereocenters. The molecule has 1 heterocycles. The van der Waals surface area contributed by atoms with Gasteiger partial charge in [-0.1, -0.05) is 18.2 Å². The number of rotatable bonds is 4. The molecule has 0 aliphatic carbocycles. The number of carbonyl (C=O) groups is 1. The van der Waals surface area contributed by atoms with E-state index in [9.17, 15) is 13.2 Å². The van der Waals surface area contributed by atoms with Crippen LogP contribution in [0.25, 0.3) is 0 Å². The smallest absolute Gasteiger partial charge is 0.408 e. The maximum atomic E-state index is 12.2. The summed E-state index contributed by atoms with van der Waals surface area (Å²) in [4.78, 5) is 12.2. The largest absolute Gasteiger partial charge is 0.491 e. The highest BCUT2D eigenvalue weighted by Gasteiger charge is 2.40. The Labute approximate surface area is 142 Å². The van der Waals surface area contributed by atoms with Crippen LogP contribution in [0.4, 0.5) is 4.79 Å². The second kappa shape index (κ2) is 6.60. The predicted octanol–water partition coefficient (Wildman–Crippen LogP) is 1.86. The molecule has 0 bridgehead atoms. The van der Waals surface area contributed by atoms with Crippen LogP contribution >= 0.6 is 0 Å². The summed E-state index contributed by atoms with van der Waals surface area (Å²) < 4.78 is 38.6. The summed E-state index contributed by atoms with van der Waals surface area (Å²) in [5.41, 5.74) is -0.840. The van der Waals surface area contributed by atoms with Crippen LogP contribution in [0.2, 0.25) is 0 Å². The molecule has 0 saturated carbocycles. The van der Waals surface area contributed by atoms with Crippen LogP contribution in [0.3, 0.4) is 0 Å². The molecule has 1 aromatic carbocycles. The second-order valence-electron chi connectivity index (χ2n) is 6.95. The van der Waals surface area contributed by atoms with Gasteiger partial charge in [0, 0.05) is 6.42 Å². The maximum absolute atomic E-state index is 12.2. The van der Waals surface area contributed by atoms with Gasteiger partial charge in [0.1, 0.15) is 23.5 Å². The van der Waals surface area contributed by atoms with E-state index < -0.39 is 27.4 Å². The van der Waals surface area contributed by atoms with E-state index in [2.05, 4.69) is 5.32 Å². The van der Waals surface area contributed by atoms with Gasteiger partial charge in [0.05, 0.1) is 12.9 Å². The van der Waals surface area contributed by atoms with Crippen molar-refractivity contribution >= 4 is 16.2 Å². The van der Waals surface area contributed by atoms with Crippen LogP contribution in [-0.2, 0) is 25.5 Å². The average Bonchev–Trinajstić information content (AvgIpc) is 2.42. The minimum absolute atomic E-state index is 0.0821. The molecule has 0 aromatic heterocycles. The van der Waals surface area contributed by atoms with Gasteiger partial charge < -0.3 is 14.8 Å². The van der Waals surface area contributed by atoms with Gasteiger partial charge in [-0.3, -0.25) is 4.18 Å². The van der Waals surface area contributed by atoms with E-state index in [4.69, 9.17) is 13.7 Å². The van der Waals surface area contributed by atoms with Crippen LogP contribution in [0, 0.1) is 0 Å². The van der Waals surface area contributed by atoms with Gasteiger partial charge >= 0.3 is 6.09 Å². The second-order valence-corrected chi connectivity index (χ2v) is 8.59. The number of hydrogen-bond donors (Lipinski definition) is 1. The van der Waals surface area contributed by atoms with Crippen molar-refractivity contribution < 1.29 is 26.9 Å². The average molecular weight is 357 g/mol. The van der Waals surface area contributed by atoms with Crippen molar-refractivity contribution in [1.29, 1.82) is 0 Å². The first-order valence-corrected chi connectivity index (χ1v) is 9.36. The Morgan fingerprint density at radius 1 is 1.33 bits per heavy atom. The molecule has 8 heteroatoms. The zero-order valence-corrected chi connectivity index (χ0v) is 15.1. The SMILES string of the molecule is CC(C)(C)OC(=O)NC1(COS(C)(=O)=O)COc2ccccc2C1. The van der Waals surface area contributed by atoms with Gasteiger partial charge in [-0.2, -0.15) is 8.42 Å². The minimum atomic E-state index is -3.66. The van der Waals surface area contributed by atoms with Crippen molar-refractivity contribution in [3.63, 3.8) is 0 Å². The molecule has 7 nitrogen and oxygen atoms in total. The van der Waals surface area contributed by atoms with Crippen molar-refractivity contribution in [2.75, 3.05) is 19.5 Å². The lowest BCUT2D eigenvalue weighted by atomic mass is 9.90. The van der Waals surface area contributed by atoms with Crippen LogP contribution in [0.5, 0.6) is 5.75 Å².